The van der Waals surface area contributed by atoms with Crippen molar-refractivity contribution in [3.05, 3.63) is 70.5 Å². The first kappa shape index (κ1) is 16.6. The highest BCUT2D eigenvalue weighted by Crippen LogP contribution is 2.22. The van der Waals surface area contributed by atoms with Crippen molar-refractivity contribution >= 4 is 45.7 Å². The van der Waals surface area contributed by atoms with E-state index in [-0.39, 0.29) is 6.03 Å². The van der Waals surface area contributed by atoms with E-state index in [1.165, 1.54) is 0 Å². The number of fused-ring (bicyclic) bond motifs is 1. The van der Waals surface area contributed by atoms with Gasteiger partial charge in [0.2, 0.25) is 0 Å². The highest BCUT2D eigenvalue weighted by atomic mass is 35.5. The zero-order chi connectivity index (χ0) is 16.9. The normalized spacial score (nSPS) is 10.6. The van der Waals surface area contributed by atoms with Gasteiger partial charge in [0.1, 0.15) is 0 Å². The molecule has 3 aromatic rings. The van der Waals surface area contributed by atoms with Crippen LogP contribution in [0.2, 0.25) is 10.0 Å². The third-order valence-electron chi connectivity index (χ3n) is 3.62. The number of urea groups is 1. The molecule has 0 aliphatic carbocycles. The van der Waals surface area contributed by atoms with E-state index in [2.05, 4.69) is 15.6 Å². The second-order valence-corrected chi connectivity index (χ2v) is 6.11. The van der Waals surface area contributed by atoms with Gasteiger partial charge in [-0.25, -0.2) is 4.79 Å². The number of hydrogen-bond donors (Lipinski definition) is 2. The second-order valence-electron chi connectivity index (χ2n) is 5.27. The number of halogens is 2. The minimum absolute atomic E-state index is 0.260. The molecule has 122 valence electrons. The molecule has 0 radical (unpaired) electrons. The Bertz CT molecular complexity index is 878. The second kappa shape index (κ2) is 7.51. The van der Waals surface area contributed by atoms with Crippen LogP contribution in [0.1, 0.15) is 5.56 Å². The van der Waals surface area contributed by atoms with Gasteiger partial charge in [0, 0.05) is 39.8 Å². The van der Waals surface area contributed by atoms with E-state index in [0.717, 1.165) is 22.0 Å². The molecular weight excluding hydrogens is 345 g/mol. The molecule has 2 N–H and O–H groups in total. The number of carbonyl (C=O) groups excluding carboxylic acids is 1. The van der Waals surface area contributed by atoms with E-state index in [4.69, 9.17) is 23.2 Å². The van der Waals surface area contributed by atoms with Crippen LogP contribution in [0.25, 0.3) is 10.8 Å². The lowest BCUT2D eigenvalue weighted by atomic mass is 10.1. The summed E-state index contributed by atoms with van der Waals surface area (Å²) in [6.07, 6.45) is 4.10. The molecule has 1 aromatic heterocycles. The standard InChI is InChI=1S/C18H15Cl2N3O/c19-14-5-4-12(16(20)10-14)6-9-22-18(24)23-17-3-1-2-13-11-21-8-7-15(13)17/h1-5,7-8,10-11H,6,9H2,(H2,22,23,24). The van der Waals surface area contributed by atoms with Crippen LogP contribution in [-0.4, -0.2) is 17.6 Å². The topological polar surface area (TPSA) is 54.0 Å². The molecule has 0 spiro atoms. The van der Waals surface area contributed by atoms with Gasteiger partial charge in [0.05, 0.1) is 5.69 Å². The maximum Gasteiger partial charge on any atom is 0.319 e. The highest BCUT2D eigenvalue weighted by molar-refractivity contribution is 6.35. The molecule has 3 rings (SSSR count). The summed E-state index contributed by atoms with van der Waals surface area (Å²) in [6, 6.07) is 12.7. The maximum absolute atomic E-state index is 12.1. The predicted molar refractivity (Wildman–Crippen MR) is 98.9 cm³/mol. The van der Waals surface area contributed by atoms with Gasteiger partial charge in [0.25, 0.3) is 0 Å². The smallest absolute Gasteiger partial charge is 0.319 e. The average Bonchev–Trinajstić information content (AvgIpc) is 2.57. The number of pyridine rings is 1. The fourth-order valence-electron chi connectivity index (χ4n) is 2.43. The third-order valence-corrected chi connectivity index (χ3v) is 4.21. The maximum atomic E-state index is 12.1. The number of aromatic nitrogens is 1. The summed E-state index contributed by atoms with van der Waals surface area (Å²) >= 11 is 12.0. The van der Waals surface area contributed by atoms with E-state index in [1.807, 2.05) is 30.3 Å². The average molecular weight is 360 g/mol. The predicted octanol–water partition coefficient (Wildman–Crippen LogP) is 4.91. The van der Waals surface area contributed by atoms with Gasteiger partial charge in [-0.3, -0.25) is 4.98 Å². The lowest BCUT2D eigenvalue weighted by Gasteiger charge is -2.10. The molecule has 6 heteroatoms. The van der Waals surface area contributed by atoms with Crippen LogP contribution in [0.15, 0.2) is 54.9 Å². The molecular formula is C18H15Cl2N3O. The first-order chi connectivity index (χ1) is 11.6. The fourth-order valence-corrected chi connectivity index (χ4v) is 2.94. The van der Waals surface area contributed by atoms with Crippen LogP contribution in [0, 0.1) is 0 Å². The zero-order valence-electron chi connectivity index (χ0n) is 12.7. The van der Waals surface area contributed by atoms with Gasteiger partial charge in [-0.2, -0.15) is 0 Å². The number of anilines is 1. The van der Waals surface area contributed by atoms with E-state index in [9.17, 15) is 4.79 Å². The van der Waals surface area contributed by atoms with E-state index in [1.54, 1.807) is 24.5 Å². The summed E-state index contributed by atoms with van der Waals surface area (Å²) in [5, 5.41) is 8.81. The molecule has 0 fully saturated rings. The van der Waals surface area contributed by atoms with Gasteiger partial charge in [-0.15, -0.1) is 0 Å². The Kier molecular flexibility index (Phi) is 5.18. The van der Waals surface area contributed by atoms with E-state index >= 15 is 0 Å². The van der Waals surface area contributed by atoms with Crippen LogP contribution >= 0.6 is 23.2 Å². The van der Waals surface area contributed by atoms with Crippen molar-refractivity contribution in [2.24, 2.45) is 0 Å². The third kappa shape index (κ3) is 3.96. The summed E-state index contributed by atoms with van der Waals surface area (Å²) in [6.45, 7) is 0.472. The largest absolute Gasteiger partial charge is 0.338 e. The van der Waals surface area contributed by atoms with Crippen molar-refractivity contribution in [3.8, 4) is 0 Å². The Labute approximate surface area is 149 Å². The summed E-state index contributed by atoms with van der Waals surface area (Å²) in [5.41, 5.74) is 1.69. The van der Waals surface area contributed by atoms with Gasteiger partial charge < -0.3 is 10.6 Å². The molecule has 0 aliphatic heterocycles. The molecule has 2 aromatic carbocycles. The number of amides is 2. The highest BCUT2D eigenvalue weighted by Gasteiger charge is 2.06. The molecule has 0 saturated heterocycles. The van der Waals surface area contributed by atoms with Crippen molar-refractivity contribution in [3.63, 3.8) is 0 Å². The lowest BCUT2D eigenvalue weighted by molar-refractivity contribution is 0.252. The van der Waals surface area contributed by atoms with Crippen LogP contribution in [0.3, 0.4) is 0 Å². The molecule has 2 amide bonds. The van der Waals surface area contributed by atoms with Crippen LogP contribution in [0.4, 0.5) is 10.5 Å². The Morgan fingerprint density at radius 2 is 2.00 bits per heavy atom. The molecule has 0 atom stereocenters. The minimum atomic E-state index is -0.260. The van der Waals surface area contributed by atoms with Crippen molar-refractivity contribution in [2.45, 2.75) is 6.42 Å². The van der Waals surface area contributed by atoms with E-state index in [0.29, 0.717) is 23.0 Å². The Balaban J connectivity index is 1.59. The SMILES string of the molecule is O=C(NCCc1ccc(Cl)cc1Cl)Nc1cccc2cnccc12. The number of carbonyl (C=O) groups is 1. The molecule has 4 nitrogen and oxygen atoms in total. The number of nitrogens with zero attached hydrogens (tertiary/aromatic N) is 1. The fraction of sp³-hybridized carbons (Fsp3) is 0.111. The Morgan fingerprint density at radius 3 is 2.83 bits per heavy atom. The van der Waals surface area contributed by atoms with Crippen LogP contribution < -0.4 is 10.6 Å². The summed E-state index contributed by atoms with van der Waals surface area (Å²) in [4.78, 5) is 16.2. The quantitative estimate of drug-likeness (QED) is 0.695. The molecule has 0 unspecified atom stereocenters. The molecule has 1 heterocycles. The minimum Gasteiger partial charge on any atom is -0.338 e. The van der Waals surface area contributed by atoms with Crippen molar-refractivity contribution in [1.82, 2.24) is 10.3 Å². The number of benzene rings is 2. The monoisotopic (exact) mass is 359 g/mol. The first-order valence-corrected chi connectivity index (χ1v) is 8.20. The molecule has 0 aliphatic rings. The summed E-state index contributed by atoms with van der Waals surface area (Å²) in [7, 11) is 0. The van der Waals surface area contributed by atoms with Crippen LogP contribution in [-0.2, 0) is 6.42 Å². The number of nitrogens with one attached hydrogen (secondary N) is 2. The first-order valence-electron chi connectivity index (χ1n) is 7.45. The number of hydrogen-bond acceptors (Lipinski definition) is 2. The van der Waals surface area contributed by atoms with Crippen molar-refractivity contribution < 1.29 is 4.79 Å². The summed E-state index contributed by atoms with van der Waals surface area (Å²) < 4.78 is 0. The number of rotatable bonds is 4. The van der Waals surface area contributed by atoms with Crippen LogP contribution in [0.5, 0.6) is 0 Å². The van der Waals surface area contributed by atoms with Gasteiger partial charge in [-0.1, -0.05) is 41.4 Å². The van der Waals surface area contributed by atoms with Gasteiger partial charge >= 0.3 is 6.03 Å². The summed E-state index contributed by atoms with van der Waals surface area (Å²) in [5.74, 6) is 0. The lowest BCUT2D eigenvalue weighted by Crippen LogP contribution is -2.30. The molecule has 0 saturated carbocycles. The zero-order valence-corrected chi connectivity index (χ0v) is 14.2. The van der Waals surface area contributed by atoms with Gasteiger partial charge in [-0.05, 0) is 36.2 Å². The Hall–Kier alpha value is -2.30. The van der Waals surface area contributed by atoms with Gasteiger partial charge in [0.15, 0.2) is 0 Å². The molecule has 24 heavy (non-hydrogen) atoms. The molecule has 0 bridgehead atoms. The van der Waals surface area contributed by atoms with Crippen molar-refractivity contribution in [2.75, 3.05) is 11.9 Å². The Morgan fingerprint density at radius 1 is 1.12 bits per heavy atom. The van der Waals surface area contributed by atoms with Crippen molar-refractivity contribution in [1.29, 1.82) is 0 Å². The van der Waals surface area contributed by atoms with E-state index < -0.39 is 0 Å².